The van der Waals surface area contributed by atoms with Crippen molar-refractivity contribution in [2.45, 2.75) is 32.5 Å². The average molecular weight is 507 g/mol. The molecule has 0 aliphatic heterocycles. The Hall–Kier alpha value is -1.39. The van der Waals surface area contributed by atoms with Crippen LogP contribution in [0.5, 0.6) is 5.75 Å². The van der Waals surface area contributed by atoms with Crippen molar-refractivity contribution in [1.29, 1.82) is 0 Å². The van der Waals surface area contributed by atoms with Gasteiger partial charge >= 0.3 is 0 Å². The first-order chi connectivity index (χ1) is 12.4. The molecule has 2 atom stereocenters. The fourth-order valence-corrected chi connectivity index (χ4v) is 3.04. The van der Waals surface area contributed by atoms with Crippen molar-refractivity contribution in [2.75, 3.05) is 19.6 Å². The monoisotopic (exact) mass is 507 g/mol. The molecule has 5 nitrogen and oxygen atoms in total. The van der Waals surface area contributed by atoms with Crippen LogP contribution < -0.4 is 15.4 Å². The summed E-state index contributed by atoms with van der Waals surface area (Å²) in [5.41, 5.74) is -1.01. The zero-order valence-electron chi connectivity index (χ0n) is 15.7. The quantitative estimate of drug-likeness (QED) is 0.290. The molecule has 1 aromatic heterocycles. The second-order valence-corrected chi connectivity index (χ2v) is 7.16. The van der Waals surface area contributed by atoms with Gasteiger partial charge in [-0.05, 0) is 56.5 Å². The smallest absolute Gasteiger partial charge is 0.191 e. The molecule has 27 heavy (non-hydrogen) atoms. The Morgan fingerprint density at radius 3 is 2.59 bits per heavy atom. The van der Waals surface area contributed by atoms with Gasteiger partial charge in [0.15, 0.2) is 5.96 Å². The van der Waals surface area contributed by atoms with Crippen molar-refractivity contribution < 1.29 is 14.2 Å². The summed E-state index contributed by atoms with van der Waals surface area (Å²) in [4.78, 5) is 5.36. The Kier molecular flexibility index (Phi) is 10.0. The van der Waals surface area contributed by atoms with Gasteiger partial charge in [0.05, 0.1) is 13.1 Å². The second-order valence-electron chi connectivity index (χ2n) is 6.21. The maximum atomic E-state index is 12.9. The highest BCUT2D eigenvalue weighted by Crippen LogP contribution is 2.25. The van der Waals surface area contributed by atoms with Gasteiger partial charge in [0.1, 0.15) is 23.3 Å². The van der Waals surface area contributed by atoms with E-state index in [9.17, 15) is 9.50 Å². The number of guanidine groups is 1. The Morgan fingerprint density at radius 2 is 2.00 bits per heavy atom. The Morgan fingerprint density at radius 1 is 1.30 bits per heavy atom. The van der Waals surface area contributed by atoms with Crippen molar-refractivity contribution in [3.05, 3.63) is 52.5 Å². The van der Waals surface area contributed by atoms with Gasteiger partial charge in [0.25, 0.3) is 0 Å². The van der Waals surface area contributed by atoms with E-state index < -0.39 is 5.60 Å². The number of rotatable bonds is 8. The third-order valence-corrected chi connectivity index (χ3v) is 4.77. The van der Waals surface area contributed by atoms with Crippen LogP contribution in [0.2, 0.25) is 0 Å². The molecule has 0 bridgehead atoms. The first-order valence-corrected chi connectivity index (χ1v) is 9.49. The van der Waals surface area contributed by atoms with E-state index in [4.69, 9.17) is 4.74 Å². The molecule has 1 aromatic carbocycles. The van der Waals surface area contributed by atoms with Crippen molar-refractivity contribution in [3.8, 4) is 5.75 Å². The molecule has 1 heterocycles. The maximum absolute atomic E-state index is 12.9. The molecule has 0 saturated heterocycles. The van der Waals surface area contributed by atoms with Crippen LogP contribution in [0.3, 0.4) is 0 Å². The number of benzene rings is 1. The molecule has 150 valence electrons. The molecule has 0 aliphatic rings. The minimum Gasteiger partial charge on any atom is -0.489 e. The van der Waals surface area contributed by atoms with Crippen LogP contribution in [0.15, 0.2) is 46.8 Å². The van der Waals surface area contributed by atoms with Gasteiger partial charge in [-0.25, -0.2) is 9.38 Å². The fraction of sp³-hybridized carbons (Fsp3) is 0.421. The number of ether oxygens (including phenoxy) is 1. The van der Waals surface area contributed by atoms with E-state index in [0.717, 1.165) is 4.88 Å². The summed E-state index contributed by atoms with van der Waals surface area (Å²) in [6, 6.07) is 9.75. The Balaban J connectivity index is 0.00000364. The lowest BCUT2D eigenvalue weighted by Crippen LogP contribution is -2.42. The zero-order chi connectivity index (χ0) is 19.0. The molecule has 0 aliphatic carbocycles. The molecular weight excluding hydrogens is 480 g/mol. The summed E-state index contributed by atoms with van der Waals surface area (Å²) in [6.07, 6.45) is -0.137. The largest absolute Gasteiger partial charge is 0.489 e. The average Bonchev–Trinajstić information content (AvgIpc) is 3.15. The summed E-state index contributed by atoms with van der Waals surface area (Å²) in [5, 5.41) is 18.9. The lowest BCUT2D eigenvalue weighted by molar-refractivity contribution is 0.0711. The molecule has 0 saturated carbocycles. The molecule has 2 unspecified atom stereocenters. The maximum Gasteiger partial charge on any atom is 0.191 e. The van der Waals surface area contributed by atoms with E-state index in [0.29, 0.717) is 24.8 Å². The van der Waals surface area contributed by atoms with Crippen LogP contribution >= 0.6 is 35.3 Å². The van der Waals surface area contributed by atoms with Gasteiger partial charge in [-0.2, -0.15) is 0 Å². The van der Waals surface area contributed by atoms with Crippen LogP contribution in [0.4, 0.5) is 4.39 Å². The number of aliphatic imine (C=N–C) groups is 1. The molecule has 0 radical (unpaired) electrons. The van der Waals surface area contributed by atoms with E-state index >= 15 is 0 Å². The van der Waals surface area contributed by atoms with Crippen molar-refractivity contribution in [1.82, 2.24) is 10.6 Å². The van der Waals surface area contributed by atoms with Crippen LogP contribution in [0.1, 0.15) is 25.6 Å². The summed E-state index contributed by atoms with van der Waals surface area (Å²) in [7, 11) is 0. The van der Waals surface area contributed by atoms with Gasteiger partial charge in [-0.15, -0.1) is 35.3 Å². The highest BCUT2D eigenvalue weighted by molar-refractivity contribution is 14.0. The molecule has 2 aromatic rings. The Labute approximate surface area is 181 Å². The van der Waals surface area contributed by atoms with Crippen molar-refractivity contribution in [3.63, 3.8) is 0 Å². The van der Waals surface area contributed by atoms with E-state index in [1.54, 1.807) is 19.1 Å². The van der Waals surface area contributed by atoms with E-state index in [-0.39, 0.29) is 42.4 Å². The molecule has 8 heteroatoms. The second kappa shape index (κ2) is 11.5. The fourth-order valence-electron chi connectivity index (χ4n) is 2.27. The summed E-state index contributed by atoms with van der Waals surface area (Å²) >= 11 is 1.51. The number of nitrogens with zero attached hydrogens (tertiary/aromatic N) is 1. The normalized spacial score (nSPS) is 14.6. The number of hydrogen-bond donors (Lipinski definition) is 3. The number of thiophene rings is 1. The highest BCUT2D eigenvalue weighted by atomic mass is 127. The molecule has 0 spiro atoms. The van der Waals surface area contributed by atoms with Gasteiger partial charge in [0, 0.05) is 11.4 Å². The van der Waals surface area contributed by atoms with Gasteiger partial charge < -0.3 is 20.5 Å². The van der Waals surface area contributed by atoms with Crippen LogP contribution in [-0.2, 0) is 5.60 Å². The van der Waals surface area contributed by atoms with Crippen molar-refractivity contribution in [2.24, 2.45) is 4.99 Å². The van der Waals surface area contributed by atoms with Crippen LogP contribution in [-0.4, -0.2) is 36.8 Å². The number of nitrogens with one attached hydrogen (secondary N) is 2. The predicted octanol–water partition coefficient (Wildman–Crippen LogP) is 3.74. The minimum atomic E-state index is -1.01. The lowest BCUT2D eigenvalue weighted by atomic mass is 10.1. The van der Waals surface area contributed by atoms with Gasteiger partial charge in [-0.3, -0.25) is 0 Å². The highest BCUT2D eigenvalue weighted by Gasteiger charge is 2.24. The first kappa shape index (κ1) is 23.6. The van der Waals surface area contributed by atoms with E-state index in [1.165, 1.54) is 23.5 Å². The SMILES string of the molecule is CCNC(=NCC(C)(O)c1cccs1)NCC(C)Oc1ccc(F)cc1.I. The number of hydrogen-bond acceptors (Lipinski definition) is 4. The summed E-state index contributed by atoms with van der Waals surface area (Å²) in [6.45, 7) is 7.13. The number of aliphatic hydroxyl groups is 1. The summed E-state index contributed by atoms with van der Waals surface area (Å²) < 4.78 is 18.7. The van der Waals surface area contributed by atoms with Crippen LogP contribution in [0, 0.1) is 5.82 Å². The Bertz CT molecular complexity index is 693. The van der Waals surface area contributed by atoms with Crippen molar-refractivity contribution >= 4 is 41.3 Å². The summed E-state index contributed by atoms with van der Waals surface area (Å²) in [5.74, 6) is 0.935. The van der Waals surface area contributed by atoms with E-state index in [2.05, 4.69) is 15.6 Å². The van der Waals surface area contributed by atoms with Gasteiger partial charge in [0.2, 0.25) is 0 Å². The standard InChI is InChI=1S/C19H26FN3O2S.HI/c1-4-21-18(23-13-19(3,24)17-6-5-11-26-17)22-12-14(2)25-16-9-7-15(20)8-10-16;/h5-11,14,24H,4,12-13H2,1-3H3,(H2,21,22,23);1H. The number of halogens is 2. The third kappa shape index (κ3) is 8.02. The topological polar surface area (TPSA) is 65.9 Å². The lowest BCUT2D eigenvalue weighted by Gasteiger charge is -2.21. The van der Waals surface area contributed by atoms with E-state index in [1.807, 2.05) is 31.4 Å². The minimum absolute atomic E-state index is 0. The predicted molar refractivity (Wildman–Crippen MR) is 120 cm³/mol. The molecule has 3 N–H and O–H groups in total. The molecule has 0 fully saturated rings. The van der Waals surface area contributed by atoms with Crippen LogP contribution in [0.25, 0.3) is 0 Å². The molecule has 0 amide bonds. The molecule has 2 rings (SSSR count). The molecular formula is C19H27FIN3O2S. The first-order valence-electron chi connectivity index (χ1n) is 8.61. The third-order valence-electron chi connectivity index (χ3n) is 3.65. The van der Waals surface area contributed by atoms with Gasteiger partial charge in [-0.1, -0.05) is 6.07 Å². The zero-order valence-corrected chi connectivity index (χ0v) is 18.9.